The summed E-state index contributed by atoms with van der Waals surface area (Å²) < 4.78 is 18.3. The van der Waals surface area contributed by atoms with Crippen molar-refractivity contribution in [3.63, 3.8) is 0 Å². The highest BCUT2D eigenvalue weighted by Crippen LogP contribution is 2.28. The third-order valence-corrected chi connectivity index (χ3v) is 4.77. The number of rotatable bonds is 5. The van der Waals surface area contributed by atoms with Gasteiger partial charge in [0.25, 0.3) is 11.8 Å². The average molecular weight is 395 g/mol. The summed E-state index contributed by atoms with van der Waals surface area (Å²) in [6.07, 6.45) is 0. The highest BCUT2D eigenvalue weighted by molar-refractivity contribution is 7.17. The largest absolute Gasteiger partial charge is 0.482 e. The zero-order valence-electron chi connectivity index (χ0n) is 14.4. The monoisotopic (exact) mass is 395 g/mol. The Morgan fingerprint density at radius 1 is 1.04 bits per heavy atom. The van der Waals surface area contributed by atoms with Crippen LogP contribution in [0.2, 0.25) is 0 Å². The van der Waals surface area contributed by atoms with Gasteiger partial charge in [0.05, 0.1) is 10.4 Å². The second-order valence-corrected chi connectivity index (χ2v) is 6.65. The maximum Gasteiger partial charge on any atom is 0.279 e. The van der Waals surface area contributed by atoms with Gasteiger partial charge < -0.3 is 4.74 Å². The van der Waals surface area contributed by atoms with Crippen LogP contribution in [0.5, 0.6) is 5.75 Å². The maximum absolute atomic E-state index is 13.0. The molecule has 1 heterocycles. The summed E-state index contributed by atoms with van der Waals surface area (Å²) in [6.45, 7) is -0.357. The number of hydrogen-bond acceptors (Lipinski definition) is 5. The number of benzene rings is 2. The van der Waals surface area contributed by atoms with Gasteiger partial charge in [0.1, 0.15) is 17.6 Å². The number of nitrogens with one attached hydrogen (secondary N) is 2. The lowest BCUT2D eigenvalue weighted by Gasteiger charge is -2.09. The smallest absolute Gasteiger partial charge is 0.279 e. The fourth-order valence-corrected chi connectivity index (χ4v) is 3.19. The Morgan fingerprint density at radius 3 is 2.54 bits per heavy atom. The number of carbonyl (C=O) groups is 2. The van der Waals surface area contributed by atoms with Crippen LogP contribution in [-0.2, 0) is 4.79 Å². The number of hydrogen-bond donors (Lipinski definition) is 2. The van der Waals surface area contributed by atoms with E-state index in [1.807, 2.05) is 6.07 Å². The van der Waals surface area contributed by atoms with Gasteiger partial charge >= 0.3 is 0 Å². The van der Waals surface area contributed by atoms with Gasteiger partial charge in [-0.15, -0.1) is 11.3 Å². The third kappa shape index (κ3) is 4.72. The first kappa shape index (κ1) is 19.1. The molecule has 3 rings (SSSR count). The van der Waals surface area contributed by atoms with Gasteiger partial charge in [-0.1, -0.05) is 24.3 Å². The summed E-state index contributed by atoms with van der Waals surface area (Å²) in [4.78, 5) is 25.2. The van der Waals surface area contributed by atoms with Gasteiger partial charge in [0, 0.05) is 4.88 Å². The van der Waals surface area contributed by atoms with Crippen molar-refractivity contribution in [1.29, 1.82) is 5.26 Å². The van der Waals surface area contributed by atoms with E-state index < -0.39 is 11.8 Å². The Hall–Kier alpha value is -3.70. The van der Waals surface area contributed by atoms with E-state index in [0.717, 1.165) is 10.4 Å². The zero-order valence-corrected chi connectivity index (χ0v) is 15.3. The van der Waals surface area contributed by atoms with Crippen LogP contribution in [0.1, 0.15) is 15.2 Å². The highest BCUT2D eigenvalue weighted by atomic mass is 32.1. The van der Waals surface area contributed by atoms with Crippen molar-refractivity contribution >= 4 is 23.2 Å². The molecule has 1 aromatic heterocycles. The van der Waals surface area contributed by atoms with Gasteiger partial charge in [-0.2, -0.15) is 5.26 Å². The molecule has 8 heteroatoms. The second kappa shape index (κ2) is 8.79. The quantitative estimate of drug-likeness (QED) is 0.649. The van der Waals surface area contributed by atoms with Gasteiger partial charge in [0.2, 0.25) is 0 Å². The number of para-hydroxylation sites is 1. The van der Waals surface area contributed by atoms with Crippen molar-refractivity contribution in [1.82, 2.24) is 10.9 Å². The molecular formula is C20H14FN3O3S. The van der Waals surface area contributed by atoms with Crippen LogP contribution < -0.4 is 15.6 Å². The lowest BCUT2D eigenvalue weighted by Crippen LogP contribution is -2.43. The Kier molecular flexibility index (Phi) is 5.99. The van der Waals surface area contributed by atoms with E-state index in [2.05, 4.69) is 10.9 Å². The molecule has 28 heavy (non-hydrogen) atoms. The first-order chi connectivity index (χ1) is 13.6. The molecule has 0 fully saturated rings. The van der Waals surface area contributed by atoms with E-state index in [1.54, 1.807) is 48.5 Å². The number of halogens is 1. The predicted octanol–water partition coefficient (Wildman–Crippen LogP) is 3.27. The standard InChI is InChI=1S/C20H14FN3O3S/c21-15-7-5-13(6-8-15)17-9-10-18(28-17)20(26)24-23-19(25)12-27-16-4-2-1-3-14(16)11-22/h1-10H,12H2,(H,23,25)(H,24,26). The van der Waals surface area contributed by atoms with E-state index in [0.29, 0.717) is 10.4 Å². The summed E-state index contributed by atoms with van der Waals surface area (Å²) in [5, 5.41) is 8.98. The molecule has 2 aromatic carbocycles. The molecule has 0 aliphatic carbocycles. The SMILES string of the molecule is N#Cc1ccccc1OCC(=O)NNC(=O)c1ccc(-c2ccc(F)cc2)s1. The van der Waals surface area contributed by atoms with Gasteiger partial charge in [-0.05, 0) is 42.0 Å². The van der Waals surface area contributed by atoms with Crippen LogP contribution in [0.3, 0.4) is 0 Å². The van der Waals surface area contributed by atoms with Gasteiger partial charge in [-0.25, -0.2) is 4.39 Å². The Morgan fingerprint density at radius 2 is 1.79 bits per heavy atom. The Labute approximate surface area is 164 Å². The minimum Gasteiger partial charge on any atom is -0.482 e. The lowest BCUT2D eigenvalue weighted by atomic mass is 10.2. The minimum atomic E-state index is -0.573. The van der Waals surface area contributed by atoms with Crippen molar-refractivity contribution in [3.8, 4) is 22.3 Å². The summed E-state index contributed by atoms with van der Waals surface area (Å²) in [5.74, 6) is -1.10. The number of nitriles is 1. The molecule has 140 valence electrons. The molecule has 2 amide bonds. The Bertz CT molecular complexity index is 1040. The molecular weight excluding hydrogens is 381 g/mol. The molecule has 0 saturated carbocycles. The first-order valence-corrected chi connectivity index (χ1v) is 8.95. The van der Waals surface area contributed by atoms with E-state index in [1.165, 1.54) is 23.5 Å². The normalized spacial score (nSPS) is 10.0. The molecule has 0 bridgehead atoms. The van der Waals surface area contributed by atoms with Crippen molar-refractivity contribution in [3.05, 3.63) is 76.9 Å². The van der Waals surface area contributed by atoms with Crippen molar-refractivity contribution in [2.75, 3.05) is 6.61 Å². The van der Waals surface area contributed by atoms with E-state index in [9.17, 15) is 14.0 Å². The number of amides is 2. The fraction of sp³-hybridized carbons (Fsp3) is 0.0500. The van der Waals surface area contributed by atoms with Crippen LogP contribution in [0, 0.1) is 17.1 Å². The topological polar surface area (TPSA) is 91.2 Å². The Balaban J connectivity index is 1.52. The summed E-state index contributed by atoms with van der Waals surface area (Å²) >= 11 is 1.21. The summed E-state index contributed by atoms with van der Waals surface area (Å²) in [5.41, 5.74) is 5.66. The van der Waals surface area contributed by atoms with Crippen LogP contribution in [0.25, 0.3) is 10.4 Å². The van der Waals surface area contributed by atoms with Crippen LogP contribution in [-0.4, -0.2) is 18.4 Å². The molecule has 3 aromatic rings. The second-order valence-electron chi connectivity index (χ2n) is 5.57. The number of nitrogens with zero attached hydrogens (tertiary/aromatic N) is 1. The van der Waals surface area contributed by atoms with Crippen LogP contribution in [0.4, 0.5) is 4.39 Å². The van der Waals surface area contributed by atoms with Crippen molar-refractivity contribution in [2.45, 2.75) is 0 Å². The summed E-state index contributed by atoms with van der Waals surface area (Å²) in [7, 11) is 0. The predicted molar refractivity (Wildman–Crippen MR) is 102 cm³/mol. The number of hydrazine groups is 1. The first-order valence-electron chi connectivity index (χ1n) is 8.13. The van der Waals surface area contributed by atoms with Crippen molar-refractivity contribution < 1.29 is 18.7 Å². The molecule has 0 aliphatic heterocycles. The number of carbonyl (C=O) groups excluding carboxylic acids is 2. The molecule has 2 N–H and O–H groups in total. The molecule has 0 aliphatic rings. The minimum absolute atomic E-state index is 0.286. The molecule has 0 saturated heterocycles. The summed E-state index contributed by atoms with van der Waals surface area (Å²) in [6, 6.07) is 17.8. The molecule has 0 spiro atoms. The van der Waals surface area contributed by atoms with Crippen LogP contribution >= 0.6 is 11.3 Å². The number of thiophene rings is 1. The maximum atomic E-state index is 13.0. The average Bonchev–Trinajstić information content (AvgIpc) is 3.21. The lowest BCUT2D eigenvalue weighted by molar-refractivity contribution is -0.123. The fourth-order valence-electron chi connectivity index (χ4n) is 2.28. The van der Waals surface area contributed by atoms with Gasteiger partial charge in [0.15, 0.2) is 6.61 Å². The van der Waals surface area contributed by atoms with Crippen LogP contribution in [0.15, 0.2) is 60.7 Å². The molecule has 0 unspecified atom stereocenters. The van der Waals surface area contributed by atoms with E-state index in [-0.39, 0.29) is 18.2 Å². The number of ether oxygens (including phenoxy) is 1. The molecule has 0 radical (unpaired) electrons. The highest BCUT2D eigenvalue weighted by Gasteiger charge is 2.12. The van der Waals surface area contributed by atoms with E-state index >= 15 is 0 Å². The zero-order chi connectivity index (χ0) is 19.9. The van der Waals surface area contributed by atoms with Gasteiger partial charge in [-0.3, -0.25) is 20.4 Å². The van der Waals surface area contributed by atoms with Crippen molar-refractivity contribution in [2.24, 2.45) is 0 Å². The third-order valence-electron chi connectivity index (χ3n) is 3.64. The van der Waals surface area contributed by atoms with E-state index in [4.69, 9.17) is 10.00 Å². The molecule has 6 nitrogen and oxygen atoms in total. The molecule has 0 atom stereocenters.